The topological polar surface area (TPSA) is 53.7 Å². The van der Waals surface area contributed by atoms with Crippen LogP contribution in [0.3, 0.4) is 0 Å². The number of rotatable bonds is 4. The molecule has 0 saturated heterocycles. The number of aryl methyl sites for hydroxylation is 2. The number of nitrogens with one attached hydrogen (secondary N) is 1. The third kappa shape index (κ3) is 4.10. The summed E-state index contributed by atoms with van der Waals surface area (Å²) in [6.07, 6.45) is 0. The average Bonchev–Trinajstić information content (AvgIpc) is 2.81. The number of benzene rings is 1. The standard InChI is InChI=1S/C16H21BrN4O/c1-11-12(2)22-15(20-11)9-19-16(18-3)21(4)10-13-7-5-6-8-14(13)17/h5-8H,9-10H2,1-4H3,(H,18,19). The van der Waals surface area contributed by atoms with Crippen molar-refractivity contribution in [2.45, 2.75) is 26.9 Å². The van der Waals surface area contributed by atoms with Gasteiger partial charge in [0.25, 0.3) is 0 Å². The van der Waals surface area contributed by atoms with Gasteiger partial charge in [0.1, 0.15) is 5.76 Å². The summed E-state index contributed by atoms with van der Waals surface area (Å²) < 4.78 is 6.67. The zero-order valence-corrected chi connectivity index (χ0v) is 14.9. The largest absolute Gasteiger partial charge is 0.444 e. The summed E-state index contributed by atoms with van der Waals surface area (Å²) in [5.41, 5.74) is 2.13. The van der Waals surface area contributed by atoms with E-state index in [1.807, 2.05) is 39.1 Å². The van der Waals surface area contributed by atoms with Crippen molar-refractivity contribution in [2.75, 3.05) is 14.1 Å². The molecule has 0 saturated carbocycles. The Labute approximate surface area is 139 Å². The van der Waals surface area contributed by atoms with E-state index < -0.39 is 0 Å². The zero-order valence-electron chi connectivity index (χ0n) is 13.4. The van der Waals surface area contributed by atoms with Gasteiger partial charge in [0.05, 0.1) is 12.2 Å². The van der Waals surface area contributed by atoms with Crippen molar-refractivity contribution < 1.29 is 4.42 Å². The van der Waals surface area contributed by atoms with Gasteiger partial charge in [0.2, 0.25) is 5.89 Å². The molecule has 22 heavy (non-hydrogen) atoms. The van der Waals surface area contributed by atoms with Crippen LogP contribution < -0.4 is 5.32 Å². The number of hydrogen-bond donors (Lipinski definition) is 1. The molecule has 6 heteroatoms. The van der Waals surface area contributed by atoms with Gasteiger partial charge in [0, 0.05) is 25.1 Å². The van der Waals surface area contributed by atoms with Crippen LogP contribution in [-0.4, -0.2) is 29.9 Å². The normalized spacial score (nSPS) is 11.6. The molecule has 0 aliphatic rings. The lowest BCUT2D eigenvalue weighted by atomic mass is 10.2. The smallest absolute Gasteiger partial charge is 0.214 e. The number of aromatic nitrogens is 1. The Bertz CT molecular complexity index is 646. The van der Waals surface area contributed by atoms with Crippen LogP contribution in [0.15, 0.2) is 38.1 Å². The first kappa shape index (κ1) is 16.5. The molecule has 0 radical (unpaired) electrons. The molecular weight excluding hydrogens is 344 g/mol. The second-order valence-corrected chi connectivity index (χ2v) is 5.95. The van der Waals surface area contributed by atoms with Gasteiger partial charge >= 0.3 is 0 Å². The van der Waals surface area contributed by atoms with Crippen molar-refractivity contribution in [3.8, 4) is 0 Å². The van der Waals surface area contributed by atoms with Crippen LogP contribution in [0.4, 0.5) is 0 Å². The minimum absolute atomic E-state index is 0.516. The molecule has 2 aromatic rings. The van der Waals surface area contributed by atoms with E-state index in [0.717, 1.165) is 28.4 Å². The van der Waals surface area contributed by atoms with Crippen molar-refractivity contribution >= 4 is 21.9 Å². The molecule has 0 fully saturated rings. The molecule has 1 aromatic carbocycles. The van der Waals surface area contributed by atoms with Crippen molar-refractivity contribution in [2.24, 2.45) is 4.99 Å². The second kappa shape index (κ2) is 7.45. The second-order valence-electron chi connectivity index (χ2n) is 5.10. The first-order valence-electron chi connectivity index (χ1n) is 7.09. The maximum absolute atomic E-state index is 5.57. The van der Waals surface area contributed by atoms with E-state index >= 15 is 0 Å². The van der Waals surface area contributed by atoms with E-state index in [0.29, 0.717) is 12.4 Å². The minimum atomic E-state index is 0.516. The Kier molecular flexibility index (Phi) is 5.60. The highest BCUT2D eigenvalue weighted by Crippen LogP contribution is 2.17. The molecule has 0 atom stereocenters. The molecule has 1 heterocycles. The number of halogens is 1. The maximum Gasteiger partial charge on any atom is 0.214 e. The molecule has 0 bridgehead atoms. The van der Waals surface area contributed by atoms with Crippen molar-refractivity contribution in [3.63, 3.8) is 0 Å². The first-order valence-corrected chi connectivity index (χ1v) is 7.88. The van der Waals surface area contributed by atoms with Crippen LogP contribution in [0.2, 0.25) is 0 Å². The highest BCUT2D eigenvalue weighted by Gasteiger charge is 2.10. The average molecular weight is 365 g/mol. The fourth-order valence-corrected chi connectivity index (χ4v) is 2.52. The van der Waals surface area contributed by atoms with E-state index in [1.54, 1.807) is 7.05 Å². The molecular formula is C16H21BrN4O. The fourth-order valence-electron chi connectivity index (χ4n) is 2.11. The van der Waals surface area contributed by atoms with Gasteiger partial charge in [-0.3, -0.25) is 4.99 Å². The van der Waals surface area contributed by atoms with E-state index in [4.69, 9.17) is 4.42 Å². The Balaban J connectivity index is 1.98. The lowest BCUT2D eigenvalue weighted by molar-refractivity contribution is 0.442. The van der Waals surface area contributed by atoms with Gasteiger partial charge in [-0.2, -0.15) is 0 Å². The van der Waals surface area contributed by atoms with Gasteiger partial charge < -0.3 is 14.6 Å². The molecule has 118 valence electrons. The van der Waals surface area contributed by atoms with Crippen LogP contribution in [-0.2, 0) is 13.1 Å². The van der Waals surface area contributed by atoms with E-state index in [9.17, 15) is 0 Å². The molecule has 5 nitrogen and oxygen atoms in total. The predicted octanol–water partition coefficient (Wildman–Crippen LogP) is 3.26. The predicted molar refractivity (Wildman–Crippen MR) is 91.8 cm³/mol. The van der Waals surface area contributed by atoms with Crippen LogP contribution in [0, 0.1) is 13.8 Å². The highest BCUT2D eigenvalue weighted by atomic mass is 79.9. The van der Waals surface area contributed by atoms with Gasteiger partial charge in [-0.05, 0) is 25.5 Å². The van der Waals surface area contributed by atoms with Crippen LogP contribution in [0.5, 0.6) is 0 Å². The molecule has 0 aliphatic carbocycles. The number of nitrogens with zero attached hydrogens (tertiary/aromatic N) is 3. The number of guanidine groups is 1. The Hall–Kier alpha value is -1.82. The quantitative estimate of drug-likeness (QED) is 0.668. The van der Waals surface area contributed by atoms with E-state index in [-0.39, 0.29) is 0 Å². The highest BCUT2D eigenvalue weighted by molar-refractivity contribution is 9.10. The lowest BCUT2D eigenvalue weighted by Crippen LogP contribution is -2.38. The summed E-state index contributed by atoms with van der Waals surface area (Å²) >= 11 is 3.57. The molecule has 1 N–H and O–H groups in total. The maximum atomic E-state index is 5.57. The number of oxazole rings is 1. The van der Waals surface area contributed by atoms with Crippen LogP contribution >= 0.6 is 15.9 Å². The Morgan fingerprint density at radius 1 is 1.36 bits per heavy atom. The summed E-state index contributed by atoms with van der Waals surface area (Å²) in [6.45, 7) is 5.13. The Morgan fingerprint density at radius 2 is 2.09 bits per heavy atom. The van der Waals surface area contributed by atoms with Crippen molar-refractivity contribution in [1.82, 2.24) is 15.2 Å². The van der Waals surface area contributed by atoms with E-state index in [2.05, 4.69) is 42.2 Å². The van der Waals surface area contributed by atoms with Gasteiger partial charge in [-0.15, -0.1) is 0 Å². The summed E-state index contributed by atoms with van der Waals surface area (Å²) in [6, 6.07) is 8.17. The molecule has 2 rings (SSSR count). The first-order chi connectivity index (χ1) is 10.5. The van der Waals surface area contributed by atoms with Gasteiger partial charge in [-0.25, -0.2) is 4.98 Å². The molecule has 0 amide bonds. The van der Waals surface area contributed by atoms with Gasteiger partial charge in [-0.1, -0.05) is 34.1 Å². The van der Waals surface area contributed by atoms with E-state index in [1.165, 1.54) is 5.56 Å². The lowest BCUT2D eigenvalue weighted by Gasteiger charge is -2.22. The third-order valence-corrected chi connectivity index (χ3v) is 4.18. The molecule has 0 unspecified atom stereocenters. The summed E-state index contributed by atoms with van der Waals surface area (Å²) in [4.78, 5) is 10.7. The Morgan fingerprint density at radius 3 is 2.68 bits per heavy atom. The SMILES string of the molecule is CN=C(NCc1nc(C)c(C)o1)N(C)Cc1ccccc1Br. The summed E-state index contributed by atoms with van der Waals surface area (Å²) in [5.74, 6) is 2.32. The van der Waals surface area contributed by atoms with Gasteiger partial charge in [0.15, 0.2) is 5.96 Å². The van der Waals surface area contributed by atoms with Crippen LogP contribution in [0.25, 0.3) is 0 Å². The summed E-state index contributed by atoms with van der Waals surface area (Å²) in [5, 5.41) is 3.27. The minimum Gasteiger partial charge on any atom is -0.444 e. The number of aliphatic imine (C=N–C) groups is 1. The molecule has 0 spiro atoms. The zero-order chi connectivity index (χ0) is 16.1. The van der Waals surface area contributed by atoms with Crippen molar-refractivity contribution in [3.05, 3.63) is 51.6 Å². The fraction of sp³-hybridized carbons (Fsp3) is 0.375. The van der Waals surface area contributed by atoms with Crippen LogP contribution in [0.1, 0.15) is 22.9 Å². The van der Waals surface area contributed by atoms with Crippen molar-refractivity contribution in [1.29, 1.82) is 0 Å². The molecule has 1 aromatic heterocycles. The third-order valence-electron chi connectivity index (χ3n) is 3.41. The number of hydrogen-bond acceptors (Lipinski definition) is 3. The monoisotopic (exact) mass is 364 g/mol. The summed E-state index contributed by atoms with van der Waals surface area (Å²) in [7, 11) is 3.77. The molecule has 0 aliphatic heterocycles.